The summed E-state index contributed by atoms with van der Waals surface area (Å²) in [5, 5.41) is 5.26. The summed E-state index contributed by atoms with van der Waals surface area (Å²) < 4.78 is 0. The molecule has 2 aliphatic rings. The number of nitrogens with one attached hydrogen (secondary N) is 1. The van der Waals surface area contributed by atoms with Crippen LogP contribution in [0.4, 0.5) is 0 Å². The van der Waals surface area contributed by atoms with Gasteiger partial charge in [0.05, 0.1) is 10.9 Å². The van der Waals surface area contributed by atoms with E-state index in [2.05, 4.69) is 17.4 Å². The average molecular weight is 545 g/mol. The minimum Gasteiger partial charge on any atom is -0.340 e. The lowest BCUT2D eigenvalue weighted by Crippen LogP contribution is -2.48. The molecule has 3 amide bonds. The molecule has 1 N–H and O–H groups in total. The van der Waals surface area contributed by atoms with Gasteiger partial charge in [0.1, 0.15) is 6.04 Å². The SMILES string of the molecule is Cc1ccc(C(=O)N2CC(N(CCc3ccccc3)C(=O)c3cccs3)CC2C(=O)N2CCCNCC2)cc1. The van der Waals surface area contributed by atoms with E-state index in [1.165, 1.54) is 11.3 Å². The molecule has 2 unspecified atom stereocenters. The van der Waals surface area contributed by atoms with Gasteiger partial charge >= 0.3 is 0 Å². The zero-order valence-corrected chi connectivity index (χ0v) is 23.2. The van der Waals surface area contributed by atoms with Gasteiger partial charge in [-0.1, -0.05) is 54.1 Å². The summed E-state index contributed by atoms with van der Waals surface area (Å²) in [6, 6.07) is 20.5. The molecule has 2 atom stereocenters. The molecule has 5 rings (SSSR count). The van der Waals surface area contributed by atoms with E-state index in [9.17, 15) is 14.4 Å². The molecule has 0 bridgehead atoms. The fourth-order valence-corrected chi connectivity index (χ4v) is 6.20. The minimum atomic E-state index is -0.600. The third-order valence-electron chi connectivity index (χ3n) is 7.69. The standard InChI is InChI=1S/C31H36N4O3S/c1-23-10-12-25(13-11-23)29(36)35-22-26(21-27(35)30(37)33-17-6-15-32-16-19-33)34(31(38)28-9-5-20-39-28)18-14-24-7-3-2-4-8-24/h2-5,7-13,20,26-27,32H,6,14-19,21-22H2,1H3. The third kappa shape index (κ3) is 6.40. The quantitative estimate of drug-likeness (QED) is 0.491. The summed E-state index contributed by atoms with van der Waals surface area (Å²) in [5.74, 6) is -0.218. The highest BCUT2D eigenvalue weighted by molar-refractivity contribution is 7.12. The molecule has 8 heteroatoms. The predicted octanol–water partition coefficient (Wildman–Crippen LogP) is 3.85. The zero-order chi connectivity index (χ0) is 27.2. The maximum Gasteiger partial charge on any atom is 0.264 e. The van der Waals surface area contributed by atoms with E-state index in [1.54, 1.807) is 4.90 Å². The molecule has 3 heterocycles. The number of amides is 3. The monoisotopic (exact) mass is 544 g/mol. The molecule has 3 aromatic rings. The predicted molar refractivity (Wildman–Crippen MR) is 154 cm³/mol. The van der Waals surface area contributed by atoms with Gasteiger partial charge in [-0.3, -0.25) is 14.4 Å². The van der Waals surface area contributed by atoms with Crippen LogP contribution < -0.4 is 5.32 Å². The Morgan fingerprint density at radius 3 is 2.51 bits per heavy atom. The average Bonchev–Trinajstić information content (AvgIpc) is 3.58. The van der Waals surface area contributed by atoms with Crippen molar-refractivity contribution < 1.29 is 14.4 Å². The van der Waals surface area contributed by atoms with Crippen molar-refractivity contribution in [2.75, 3.05) is 39.3 Å². The Labute approximate surface area is 234 Å². The van der Waals surface area contributed by atoms with E-state index < -0.39 is 6.04 Å². The van der Waals surface area contributed by atoms with Crippen molar-refractivity contribution in [1.29, 1.82) is 0 Å². The Bertz CT molecular complexity index is 1250. The summed E-state index contributed by atoms with van der Waals surface area (Å²) in [4.78, 5) is 47.6. The van der Waals surface area contributed by atoms with Crippen molar-refractivity contribution in [3.05, 3.63) is 93.7 Å². The molecule has 7 nitrogen and oxygen atoms in total. The Hall–Kier alpha value is -3.49. The third-order valence-corrected chi connectivity index (χ3v) is 8.55. The van der Waals surface area contributed by atoms with Crippen LogP contribution in [0.15, 0.2) is 72.1 Å². The van der Waals surface area contributed by atoms with Crippen molar-refractivity contribution in [2.45, 2.75) is 38.3 Å². The van der Waals surface area contributed by atoms with E-state index >= 15 is 0 Å². The van der Waals surface area contributed by atoms with Crippen LogP contribution in [0.5, 0.6) is 0 Å². The van der Waals surface area contributed by atoms with Crippen LogP contribution >= 0.6 is 11.3 Å². The number of likely N-dealkylation sites (tertiary alicyclic amines) is 1. The van der Waals surface area contributed by atoms with Crippen molar-refractivity contribution in [1.82, 2.24) is 20.0 Å². The summed E-state index contributed by atoms with van der Waals surface area (Å²) in [6.07, 6.45) is 2.02. The molecule has 2 fully saturated rings. The highest BCUT2D eigenvalue weighted by Gasteiger charge is 2.44. The Balaban J connectivity index is 1.43. The number of aryl methyl sites for hydroxylation is 1. The van der Waals surface area contributed by atoms with Gasteiger partial charge < -0.3 is 20.0 Å². The van der Waals surface area contributed by atoms with Crippen LogP contribution in [0.3, 0.4) is 0 Å². The first kappa shape index (κ1) is 27.1. The van der Waals surface area contributed by atoms with Gasteiger partial charge in [-0.05, 0) is 61.9 Å². The first-order valence-electron chi connectivity index (χ1n) is 13.8. The van der Waals surface area contributed by atoms with Crippen molar-refractivity contribution in [3.63, 3.8) is 0 Å². The first-order valence-corrected chi connectivity index (χ1v) is 14.6. The second-order valence-corrected chi connectivity index (χ2v) is 11.3. The van der Waals surface area contributed by atoms with E-state index in [-0.39, 0.29) is 23.8 Å². The number of hydrogen-bond donors (Lipinski definition) is 1. The van der Waals surface area contributed by atoms with Gasteiger partial charge in [-0.15, -0.1) is 11.3 Å². The maximum absolute atomic E-state index is 13.9. The maximum atomic E-state index is 13.9. The zero-order valence-electron chi connectivity index (χ0n) is 22.4. The normalized spacial score (nSPS) is 19.5. The fraction of sp³-hybridized carbons (Fsp3) is 0.387. The minimum absolute atomic E-state index is 0.0201. The summed E-state index contributed by atoms with van der Waals surface area (Å²) in [5.41, 5.74) is 2.79. The van der Waals surface area contributed by atoms with Gasteiger partial charge in [0.15, 0.2) is 0 Å². The smallest absolute Gasteiger partial charge is 0.264 e. The van der Waals surface area contributed by atoms with Crippen LogP contribution in [-0.2, 0) is 11.2 Å². The lowest BCUT2D eigenvalue weighted by atomic mass is 10.1. The lowest BCUT2D eigenvalue weighted by molar-refractivity contribution is -0.135. The molecule has 204 valence electrons. The van der Waals surface area contributed by atoms with Crippen LogP contribution in [0.2, 0.25) is 0 Å². The van der Waals surface area contributed by atoms with Gasteiger partial charge in [0.25, 0.3) is 11.8 Å². The summed E-state index contributed by atoms with van der Waals surface area (Å²) in [6.45, 7) is 5.76. The van der Waals surface area contributed by atoms with E-state index in [0.717, 1.165) is 30.6 Å². The van der Waals surface area contributed by atoms with Gasteiger partial charge in [-0.25, -0.2) is 0 Å². The number of carbonyl (C=O) groups is 3. The Morgan fingerprint density at radius 1 is 0.974 bits per heavy atom. The second-order valence-electron chi connectivity index (χ2n) is 10.4. The highest BCUT2D eigenvalue weighted by atomic mass is 32.1. The molecule has 0 saturated carbocycles. The number of nitrogens with zero attached hydrogens (tertiary/aromatic N) is 3. The van der Waals surface area contributed by atoms with Crippen LogP contribution in [0.25, 0.3) is 0 Å². The lowest BCUT2D eigenvalue weighted by Gasteiger charge is -2.29. The molecule has 2 aliphatic heterocycles. The first-order chi connectivity index (χ1) is 19.0. The Morgan fingerprint density at radius 2 is 1.77 bits per heavy atom. The molecule has 2 aromatic carbocycles. The van der Waals surface area contributed by atoms with Gasteiger partial charge in [0, 0.05) is 38.3 Å². The fourth-order valence-electron chi connectivity index (χ4n) is 5.52. The summed E-state index contributed by atoms with van der Waals surface area (Å²) >= 11 is 1.42. The highest BCUT2D eigenvalue weighted by Crippen LogP contribution is 2.28. The molecule has 2 saturated heterocycles. The van der Waals surface area contributed by atoms with Gasteiger partial charge in [-0.2, -0.15) is 0 Å². The molecule has 1 aromatic heterocycles. The van der Waals surface area contributed by atoms with E-state index in [1.807, 2.05) is 76.7 Å². The molecule has 0 radical (unpaired) electrons. The Kier molecular flexibility index (Phi) is 8.74. The van der Waals surface area contributed by atoms with Crippen LogP contribution in [0.1, 0.15) is 44.0 Å². The second kappa shape index (κ2) is 12.6. The summed E-state index contributed by atoms with van der Waals surface area (Å²) in [7, 11) is 0. The van der Waals surface area contributed by atoms with Crippen LogP contribution in [0, 0.1) is 6.92 Å². The van der Waals surface area contributed by atoms with Crippen molar-refractivity contribution in [2.24, 2.45) is 0 Å². The largest absolute Gasteiger partial charge is 0.340 e. The van der Waals surface area contributed by atoms with Crippen LogP contribution in [-0.4, -0.2) is 83.8 Å². The number of benzene rings is 2. The molecule has 39 heavy (non-hydrogen) atoms. The molecule has 0 aliphatic carbocycles. The molecule has 0 spiro atoms. The van der Waals surface area contributed by atoms with Crippen molar-refractivity contribution >= 4 is 29.1 Å². The van der Waals surface area contributed by atoms with E-state index in [0.29, 0.717) is 49.5 Å². The number of hydrogen-bond acceptors (Lipinski definition) is 5. The number of rotatable bonds is 7. The van der Waals surface area contributed by atoms with Gasteiger partial charge in [0.2, 0.25) is 5.91 Å². The van der Waals surface area contributed by atoms with Crippen molar-refractivity contribution in [3.8, 4) is 0 Å². The number of carbonyl (C=O) groups excluding carboxylic acids is 3. The topological polar surface area (TPSA) is 73.0 Å². The number of thiophene rings is 1. The molecular weight excluding hydrogens is 508 g/mol. The molecular formula is C31H36N4O3S. The van der Waals surface area contributed by atoms with E-state index in [4.69, 9.17) is 0 Å².